The number of aromatic nitrogens is 5. The number of fused-ring (bicyclic) bond motifs is 1. The fourth-order valence-corrected chi connectivity index (χ4v) is 4.83. The molecule has 1 unspecified atom stereocenters. The van der Waals surface area contributed by atoms with Gasteiger partial charge in [0, 0.05) is 43.8 Å². The number of aliphatic hydroxyl groups excluding tert-OH is 1. The van der Waals surface area contributed by atoms with Gasteiger partial charge in [0.2, 0.25) is 0 Å². The Labute approximate surface area is 224 Å². The summed E-state index contributed by atoms with van der Waals surface area (Å²) >= 11 is 0. The maximum atomic E-state index is 14.1. The number of aliphatic hydroxyl groups is 2. The van der Waals surface area contributed by atoms with Crippen LogP contribution in [0.15, 0.2) is 42.9 Å². The smallest absolute Gasteiger partial charge is 0.167 e. The van der Waals surface area contributed by atoms with Gasteiger partial charge in [-0.1, -0.05) is 0 Å². The molecule has 11 heteroatoms. The predicted octanol–water partition coefficient (Wildman–Crippen LogP) is 4.35. The molecule has 1 aromatic carbocycles. The third kappa shape index (κ3) is 5.28. The number of rotatable bonds is 7. The van der Waals surface area contributed by atoms with Crippen LogP contribution in [0.4, 0.5) is 14.6 Å². The summed E-state index contributed by atoms with van der Waals surface area (Å²) in [5.74, 6) is -0.654. The van der Waals surface area contributed by atoms with E-state index in [0.717, 1.165) is 24.5 Å². The van der Waals surface area contributed by atoms with Crippen LogP contribution in [0.5, 0.6) is 5.75 Å². The first-order chi connectivity index (χ1) is 18.7. The first kappa shape index (κ1) is 25.6. The normalized spacial score (nSPS) is 17.5. The molecule has 1 saturated carbocycles. The molecular formula is C28H30F2N6O3. The monoisotopic (exact) mass is 536 g/mol. The van der Waals surface area contributed by atoms with Crippen LogP contribution in [0.2, 0.25) is 0 Å². The molecule has 4 heterocycles. The zero-order chi connectivity index (χ0) is 27.3. The van der Waals surface area contributed by atoms with Crippen LogP contribution in [0, 0.1) is 11.6 Å². The van der Waals surface area contributed by atoms with Gasteiger partial charge in [0.1, 0.15) is 29.2 Å². The van der Waals surface area contributed by atoms with Crippen molar-refractivity contribution in [3.8, 4) is 17.0 Å². The molecule has 1 aliphatic carbocycles. The van der Waals surface area contributed by atoms with Gasteiger partial charge in [-0.15, -0.1) is 0 Å². The summed E-state index contributed by atoms with van der Waals surface area (Å²) in [6.45, 7) is 4.21. The van der Waals surface area contributed by atoms with Crippen LogP contribution in [0.3, 0.4) is 0 Å². The van der Waals surface area contributed by atoms with E-state index in [2.05, 4.69) is 15.0 Å². The van der Waals surface area contributed by atoms with Crippen molar-refractivity contribution in [1.29, 1.82) is 0 Å². The van der Waals surface area contributed by atoms with Gasteiger partial charge in [-0.3, -0.25) is 9.67 Å². The van der Waals surface area contributed by atoms with Crippen molar-refractivity contribution in [2.75, 3.05) is 18.0 Å². The van der Waals surface area contributed by atoms with E-state index in [9.17, 15) is 19.0 Å². The van der Waals surface area contributed by atoms with Gasteiger partial charge >= 0.3 is 0 Å². The molecule has 1 atom stereocenters. The molecule has 1 saturated heterocycles. The molecule has 2 fully saturated rings. The highest BCUT2D eigenvalue weighted by Crippen LogP contribution is 2.37. The highest BCUT2D eigenvalue weighted by molar-refractivity contribution is 5.83. The molecule has 0 radical (unpaired) electrons. The van der Waals surface area contributed by atoms with E-state index in [-0.39, 0.29) is 11.9 Å². The SMILES string of the molecule is CC(C)(O)C(O)c1cc2nc(N3CCC(Oc4ccc(F)cc4F)CC3)c(-c3cnn(C4CC4)c3)nc2cn1. The lowest BCUT2D eigenvalue weighted by molar-refractivity contribution is -0.0516. The first-order valence-electron chi connectivity index (χ1n) is 13.1. The number of nitrogens with zero attached hydrogens (tertiary/aromatic N) is 6. The fourth-order valence-electron chi connectivity index (χ4n) is 4.83. The molecule has 2 N–H and O–H groups in total. The van der Waals surface area contributed by atoms with E-state index in [0.29, 0.717) is 60.2 Å². The molecule has 6 rings (SSSR count). The second kappa shape index (κ2) is 9.80. The first-order valence-corrected chi connectivity index (χ1v) is 13.1. The Bertz CT molecular complexity index is 1510. The van der Waals surface area contributed by atoms with Crippen LogP contribution < -0.4 is 9.64 Å². The number of piperidine rings is 1. The van der Waals surface area contributed by atoms with Gasteiger partial charge in [0.25, 0.3) is 0 Å². The molecule has 4 aromatic rings. The summed E-state index contributed by atoms with van der Waals surface area (Å²) in [5, 5.41) is 25.4. The molecular weight excluding hydrogens is 506 g/mol. The lowest BCUT2D eigenvalue weighted by Gasteiger charge is -2.33. The minimum Gasteiger partial charge on any atom is -0.487 e. The predicted molar refractivity (Wildman–Crippen MR) is 140 cm³/mol. The van der Waals surface area contributed by atoms with E-state index in [4.69, 9.17) is 14.7 Å². The third-order valence-electron chi connectivity index (χ3n) is 7.23. The maximum absolute atomic E-state index is 14.1. The van der Waals surface area contributed by atoms with Gasteiger partial charge in [-0.2, -0.15) is 5.10 Å². The maximum Gasteiger partial charge on any atom is 0.167 e. The zero-order valence-electron chi connectivity index (χ0n) is 21.8. The van der Waals surface area contributed by atoms with E-state index < -0.39 is 23.3 Å². The minimum atomic E-state index is -1.37. The van der Waals surface area contributed by atoms with Crippen molar-refractivity contribution in [1.82, 2.24) is 24.7 Å². The van der Waals surface area contributed by atoms with E-state index in [1.807, 2.05) is 10.9 Å². The van der Waals surface area contributed by atoms with Crippen LogP contribution in [0.25, 0.3) is 22.3 Å². The minimum absolute atomic E-state index is 0.0407. The van der Waals surface area contributed by atoms with Crippen LogP contribution >= 0.6 is 0 Å². The molecule has 0 amide bonds. The molecule has 2 aliphatic rings. The number of anilines is 1. The summed E-state index contributed by atoms with van der Waals surface area (Å²) in [5.41, 5.74) is 1.56. The summed E-state index contributed by atoms with van der Waals surface area (Å²) in [4.78, 5) is 16.3. The van der Waals surface area contributed by atoms with Gasteiger partial charge < -0.3 is 19.8 Å². The largest absolute Gasteiger partial charge is 0.487 e. The number of hydrogen-bond donors (Lipinski definition) is 2. The van der Waals surface area contributed by atoms with Crippen molar-refractivity contribution in [3.05, 3.63) is 60.2 Å². The summed E-state index contributed by atoms with van der Waals surface area (Å²) < 4.78 is 35.2. The van der Waals surface area contributed by atoms with Crippen LogP contribution in [0.1, 0.15) is 57.4 Å². The second-order valence-corrected chi connectivity index (χ2v) is 10.9. The summed E-state index contributed by atoms with van der Waals surface area (Å²) in [7, 11) is 0. The van der Waals surface area contributed by atoms with Gasteiger partial charge in [-0.05, 0) is 44.9 Å². The molecule has 39 heavy (non-hydrogen) atoms. The van der Waals surface area contributed by atoms with Crippen LogP contribution in [-0.4, -0.2) is 59.7 Å². The third-order valence-corrected chi connectivity index (χ3v) is 7.23. The van der Waals surface area contributed by atoms with Crippen LogP contribution in [-0.2, 0) is 0 Å². The summed E-state index contributed by atoms with van der Waals surface area (Å²) in [6, 6.07) is 5.39. The molecule has 0 spiro atoms. The van der Waals surface area contributed by atoms with Gasteiger partial charge in [0.05, 0.1) is 35.2 Å². The number of hydrogen-bond acceptors (Lipinski definition) is 8. The van der Waals surface area contributed by atoms with Crippen molar-refractivity contribution in [3.63, 3.8) is 0 Å². The Balaban J connectivity index is 1.31. The number of halogens is 2. The highest BCUT2D eigenvalue weighted by Gasteiger charge is 2.30. The number of benzene rings is 1. The number of pyridine rings is 1. The van der Waals surface area contributed by atoms with Crippen molar-refractivity contribution in [2.24, 2.45) is 0 Å². The molecule has 204 valence electrons. The topological polar surface area (TPSA) is 109 Å². The van der Waals surface area contributed by atoms with Crippen molar-refractivity contribution in [2.45, 2.75) is 63.4 Å². The fraction of sp³-hybridized carbons (Fsp3) is 0.429. The van der Waals surface area contributed by atoms with E-state index >= 15 is 0 Å². The highest BCUT2D eigenvalue weighted by atomic mass is 19.1. The Hall–Kier alpha value is -3.70. The average molecular weight is 537 g/mol. The Morgan fingerprint density at radius 1 is 1.03 bits per heavy atom. The summed E-state index contributed by atoms with van der Waals surface area (Å²) in [6.07, 6.45) is 7.35. The lowest BCUT2D eigenvalue weighted by Crippen LogP contribution is -2.39. The Kier molecular flexibility index (Phi) is 6.43. The second-order valence-electron chi connectivity index (χ2n) is 10.9. The molecule has 0 bridgehead atoms. The zero-order valence-corrected chi connectivity index (χ0v) is 21.8. The Morgan fingerprint density at radius 3 is 2.49 bits per heavy atom. The standard InChI is InChI=1S/C28H30F2N6O3/c1-28(2,38)26(37)22-12-21-23(14-31-22)33-25(16-13-32-36(15-16)18-4-5-18)27(34-21)35-9-7-19(8-10-35)39-24-6-3-17(29)11-20(24)30/h3,6,11-15,18-19,26,37-38H,4-5,7-10H2,1-2H3. The van der Waals surface area contributed by atoms with Gasteiger partial charge in [-0.25, -0.2) is 18.7 Å². The van der Waals surface area contributed by atoms with E-state index in [1.54, 1.807) is 18.5 Å². The van der Waals surface area contributed by atoms with E-state index in [1.165, 1.54) is 26.0 Å². The van der Waals surface area contributed by atoms with Crippen molar-refractivity contribution >= 4 is 16.9 Å². The quantitative estimate of drug-likeness (QED) is 0.359. The van der Waals surface area contributed by atoms with Gasteiger partial charge in [0.15, 0.2) is 17.4 Å². The van der Waals surface area contributed by atoms with Crippen molar-refractivity contribution < 1.29 is 23.7 Å². The molecule has 3 aromatic heterocycles. The number of ether oxygens (including phenoxy) is 1. The Morgan fingerprint density at radius 2 is 1.79 bits per heavy atom. The lowest BCUT2D eigenvalue weighted by atomic mass is 9.98. The average Bonchev–Trinajstić information content (AvgIpc) is 3.65. The molecule has 1 aliphatic heterocycles. The molecule has 9 nitrogen and oxygen atoms in total.